The van der Waals surface area contributed by atoms with Gasteiger partial charge in [0.25, 0.3) is 0 Å². The van der Waals surface area contributed by atoms with Gasteiger partial charge in [-0.3, -0.25) is 0 Å². The lowest BCUT2D eigenvalue weighted by atomic mass is 10.2. The van der Waals surface area contributed by atoms with Crippen LogP contribution in [0, 0.1) is 10.7 Å². The molecule has 0 heterocycles. The number of unbranched alkanes of at least 4 members (excludes halogenated alkanes) is 3. The normalized spacial score (nSPS) is 10.6. The van der Waals surface area contributed by atoms with Gasteiger partial charge in [0, 0.05) is 9.45 Å². The largest absolute Gasteiger partial charge is 0.491 e. The van der Waals surface area contributed by atoms with Gasteiger partial charge in [-0.25, -0.2) is 0 Å². The molecule has 0 N–H and O–H groups in total. The molecule has 0 aliphatic rings. The molecule has 17 heavy (non-hydrogen) atoms. The third-order valence-corrected chi connectivity index (χ3v) is 4.73. The summed E-state index contributed by atoms with van der Waals surface area (Å²) in [5.74, 6) is 1.80. The molecule has 0 fully saturated rings. The van der Waals surface area contributed by atoms with Crippen molar-refractivity contribution < 1.29 is 4.74 Å². The maximum Gasteiger partial charge on any atom is 0.145 e. The van der Waals surface area contributed by atoms with Crippen LogP contribution in [0.3, 0.4) is 0 Å². The molecule has 0 amide bonds. The summed E-state index contributed by atoms with van der Waals surface area (Å²) in [6, 6.07) is 4.29. The quantitative estimate of drug-likeness (QED) is 0.226. The van der Waals surface area contributed by atoms with Gasteiger partial charge in [0.2, 0.25) is 0 Å². The fraction of sp³-hybridized carbons (Fsp3) is 0.500. The van der Waals surface area contributed by atoms with E-state index in [0.29, 0.717) is 0 Å². The van der Waals surface area contributed by atoms with Crippen LogP contribution in [-0.4, -0.2) is 12.5 Å². The second kappa shape index (κ2) is 9.41. The summed E-state index contributed by atoms with van der Waals surface area (Å²) in [7, 11) is 0. The number of alkyl halides is 1. The molecule has 0 spiro atoms. The van der Waals surface area contributed by atoms with E-state index in [2.05, 4.69) is 79.9 Å². The van der Waals surface area contributed by atoms with Gasteiger partial charge in [-0.2, -0.15) is 0 Å². The number of hydrogen-bond acceptors (Lipinski definition) is 1. The molecule has 1 aromatic rings. The first-order valence-corrected chi connectivity index (χ1v) is 9.25. The zero-order valence-corrected chi connectivity index (χ0v) is 16.5. The van der Waals surface area contributed by atoms with Gasteiger partial charge in [-0.1, -0.05) is 12.8 Å². The average Bonchev–Trinajstić information content (AvgIpc) is 2.26. The second-order valence-electron chi connectivity index (χ2n) is 3.65. The second-order valence-corrected chi connectivity index (χ2v) is 7.60. The maximum atomic E-state index is 5.85. The van der Waals surface area contributed by atoms with Crippen LogP contribution in [0.1, 0.15) is 25.7 Å². The number of ether oxygens (including phenoxy) is 1. The monoisotopic (exact) mass is 590 g/mol. The summed E-state index contributed by atoms with van der Waals surface area (Å²) in [6.45, 7) is 0.800. The summed E-state index contributed by atoms with van der Waals surface area (Å²) in [4.78, 5) is 0. The lowest BCUT2D eigenvalue weighted by molar-refractivity contribution is 0.301. The van der Waals surface area contributed by atoms with Crippen molar-refractivity contribution in [3.05, 3.63) is 22.8 Å². The van der Waals surface area contributed by atoms with Crippen molar-refractivity contribution in [2.45, 2.75) is 25.7 Å². The van der Waals surface area contributed by atoms with Crippen molar-refractivity contribution in [1.82, 2.24) is 0 Å². The van der Waals surface area contributed by atoms with Crippen molar-refractivity contribution in [1.29, 1.82) is 0 Å². The highest BCUT2D eigenvalue weighted by Crippen LogP contribution is 2.29. The van der Waals surface area contributed by atoms with Crippen LogP contribution >= 0.6 is 79.4 Å². The predicted molar refractivity (Wildman–Crippen MR) is 99.3 cm³/mol. The molecule has 0 saturated carbocycles. The number of rotatable bonds is 7. The molecule has 1 aromatic carbocycles. The van der Waals surface area contributed by atoms with Gasteiger partial charge in [0.15, 0.2) is 0 Å². The zero-order valence-electron chi connectivity index (χ0n) is 9.32. The van der Waals surface area contributed by atoms with E-state index in [0.717, 1.165) is 31.1 Å². The highest BCUT2D eigenvalue weighted by atomic mass is 127. The smallest absolute Gasteiger partial charge is 0.145 e. The third kappa shape index (κ3) is 6.47. The molecule has 5 heteroatoms. The zero-order chi connectivity index (χ0) is 12.7. The molecule has 96 valence electrons. The first-order valence-electron chi connectivity index (χ1n) is 5.48. The van der Waals surface area contributed by atoms with Gasteiger partial charge in [-0.15, -0.1) is 11.6 Å². The topological polar surface area (TPSA) is 9.23 Å². The number of halogens is 4. The van der Waals surface area contributed by atoms with Crippen LogP contribution in [0.4, 0.5) is 0 Å². The highest BCUT2D eigenvalue weighted by molar-refractivity contribution is 14.1. The van der Waals surface area contributed by atoms with Gasteiger partial charge in [0.05, 0.1) is 13.7 Å². The van der Waals surface area contributed by atoms with E-state index in [1.54, 1.807) is 0 Å². The van der Waals surface area contributed by atoms with Crippen molar-refractivity contribution in [2.75, 3.05) is 12.5 Å². The Morgan fingerprint density at radius 1 is 0.941 bits per heavy atom. The fourth-order valence-corrected chi connectivity index (χ4v) is 5.47. The molecule has 0 bridgehead atoms. The highest BCUT2D eigenvalue weighted by Gasteiger charge is 2.07. The molecule has 0 unspecified atom stereocenters. The van der Waals surface area contributed by atoms with E-state index in [-0.39, 0.29) is 0 Å². The predicted octanol–water partition coefficient (Wildman–Crippen LogP) is 5.68. The molecule has 0 aromatic heterocycles. The molecule has 0 atom stereocenters. The van der Waals surface area contributed by atoms with E-state index >= 15 is 0 Å². The van der Waals surface area contributed by atoms with Crippen molar-refractivity contribution in [2.24, 2.45) is 0 Å². The van der Waals surface area contributed by atoms with E-state index in [9.17, 15) is 0 Å². The van der Waals surface area contributed by atoms with E-state index in [1.807, 2.05) is 0 Å². The van der Waals surface area contributed by atoms with Gasteiger partial charge in [0.1, 0.15) is 5.75 Å². The summed E-state index contributed by atoms with van der Waals surface area (Å²) < 4.78 is 9.50. The van der Waals surface area contributed by atoms with Crippen molar-refractivity contribution in [3.8, 4) is 5.75 Å². The fourth-order valence-electron chi connectivity index (χ4n) is 1.39. The Kier molecular flexibility index (Phi) is 9.16. The Hall–Kier alpha value is 1.50. The molecule has 0 aliphatic heterocycles. The minimum atomic E-state index is 0.772. The Morgan fingerprint density at radius 3 is 2.12 bits per heavy atom. The van der Waals surface area contributed by atoms with Crippen LogP contribution < -0.4 is 4.74 Å². The Bertz CT molecular complexity index is 335. The Morgan fingerprint density at radius 2 is 1.53 bits per heavy atom. The van der Waals surface area contributed by atoms with E-state index < -0.39 is 0 Å². The molecule has 1 rings (SSSR count). The van der Waals surface area contributed by atoms with Gasteiger partial charge < -0.3 is 4.74 Å². The SMILES string of the molecule is ClCCCCCCOc1c(I)cc(I)cc1I. The summed E-state index contributed by atoms with van der Waals surface area (Å²) in [5, 5.41) is 0. The molecular formula is C12H14ClI3O. The maximum absolute atomic E-state index is 5.85. The lowest BCUT2D eigenvalue weighted by Crippen LogP contribution is -2.01. The first kappa shape index (κ1) is 16.6. The third-order valence-electron chi connectivity index (χ3n) is 2.24. The van der Waals surface area contributed by atoms with Crippen molar-refractivity contribution >= 4 is 79.4 Å². The van der Waals surface area contributed by atoms with Gasteiger partial charge in [-0.05, 0) is 92.7 Å². The van der Waals surface area contributed by atoms with Crippen LogP contribution in [0.5, 0.6) is 5.75 Å². The summed E-state index contributed by atoms with van der Waals surface area (Å²) in [5.41, 5.74) is 0. The van der Waals surface area contributed by atoms with Crippen LogP contribution in [-0.2, 0) is 0 Å². The molecule has 1 nitrogen and oxygen atoms in total. The molecule has 0 aliphatic carbocycles. The van der Waals surface area contributed by atoms with Crippen LogP contribution in [0.25, 0.3) is 0 Å². The average molecular weight is 590 g/mol. The minimum absolute atomic E-state index is 0.772. The summed E-state index contributed by atoms with van der Waals surface area (Å²) >= 11 is 12.6. The van der Waals surface area contributed by atoms with E-state index in [1.165, 1.54) is 23.6 Å². The van der Waals surface area contributed by atoms with Crippen LogP contribution in [0.15, 0.2) is 12.1 Å². The Balaban J connectivity index is 2.36. The lowest BCUT2D eigenvalue weighted by Gasteiger charge is -2.10. The summed E-state index contributed by atoms with van der Waals surface area (Å²) in [6.07, 6.45) is 4.62. The first-order chi connectivity index (χ1) is 8.15. The molecular weight excluding hydrogens is 576 g/mol. The van der Waals surface area contributed by atoms with Gasteiger partial charge >= 0.3 is 0 Å². The van der Waals surface area contributed by atoms with E-state index in [4.69, 9.17) is 16.3 Å². The van der Waals surface area contributed by atoms with Crippen LogP contribution in [0.2, 0.25) is 0 Å². The van der Waals surface area contributed by atoms with Crippen molar-refractivity contribution in [3.63, 3.8) is 0 Å². The molecule has 0 saturated heterocycles. The minimum Gasteiger partial charge on any atom is -0.491 e. The standard InChI is InChI=1S/C12H14ClI3O/c13-5-3-1-2-4-6-17-12-10(15)7-9(14)8-11(12)16/h7-8H,1-6H2. The molecule has 0 radical (unpaired) electrons. The number of hydrogen-bond donors (Lipinski definition) is 0. The number of benzene rings is 1. The Labute approximate surface area is 149 Å².